The number of carbonyl (C=O) groups is 1. The predicted molar refractivity (Wildman–Crippen MR) is 118 cm³/mol. The summed E-state index contributed by atoms with van der Waals surface area (Å²) in [5.74, 6) is 0.636. The predicted octanol–water partition coefficient (Wildman–Crippen LogP) is 3.78. The van der Waals surface area contributed by atoms with Gasteiger partial charge in [0, 0.05) is 47.3 Å². The quantitative estimate of drug-likeness (QED) is 0.651. The maximum atomic E-state index is 12.6. The number of aryl methyl sites for hydroxylation is 1. The number of nitrogens with zero attached hydrogens (tertiary/aromatic N) is 3. The number of halogens is 1. The molecule has 0 unspecified atom stereocenters. The van der Waals surface area contributed by atoms with E-state index in [1.165, 1.54) is 0 Å². The molecule has 1 amide bonds. The normalized spacial score (nSPS) is 15.5. The summed E-state index contributed by atoms with van der Waals surface area (Å²) in [6.07, 6.45) is 5.20. The Balaban J connectivity index is 1.40. The van der Waals surface area contributed by atoms with Gasteiger partial charge in [0.15, 0.2) is 5.43 Å². The molecule has 1 fully saturated rings. The standard InChI is InChI=1S/C22H23BrN4O2/c1-15-5-6-20(24-13-15)25-22(29)16-7-10-26(11-8-16)14-27-12-9-19(28)17-3-2-4-18(23)21(17)27/h2-6,9,12-13,16H,7-8,10-11,14H2,1H3,(H,24,25,29). The Bertz CT molecular complexity index is 1090. The van der Waals surface area contributed by atoms with Gasteiger partial charge in [0.1, 0.15) is 5.82 Å². The number of likely N-dealkylation sites (tertiary alicyclic amines) is 1. The van der Waals surface area contributed by atoms with E-state index >= 15 is 0 Å². The molecule has 6 nitrogen and oxygen atoms in total. The summed E-state index contributed by atoms with van der Waals surface area (Å²) in [5.41, 5.74) is 2.00. The van der Waals surface area contributed by atoms with E-state index in [4.69, 9.17) is 0 Å². The van der Waals surface area contributed by atoms with Crippen molar-refractivity contribution in [2.24, 2.45) is 5.92 Å². The number of benzene rings is 1. The molecule has 7 heteroatoms. The highest BCUT2D eigenvalue weighted by atomic mass is 79.9. The molecule has 1 N–H and O–H groups in total. The van der Waals surface area contributed by atoms with Gasteiger partial charge in [-0.15, -0.1) is 0 Å². The van der Waals surface area contributed by atoms with E-state index in [2.05, 4.69) is 35.7 Å². The van der Waals surface area contributed by atoms with E-state index in [-0.39, 0.29) is 17.3 Å². The van der Waals surface area contributed by atoms with Crippen LogP contribution < -0.4 is 10.7 Å². The topological polar surface area (TPSA) is 67.2 Å². The van der Waals surface area contributed by atoms with Gasteiger partial charge in [-0.2, -0.15) is 0 Å². The van der Waals surface area contributed by atoms with Crippen LogP contribution in [0.4, 0.5) is 5.82 Å². The molecule has 2 aromatic heterocycles. The molecule has 29 heavy (non-hydrogen) atoms. The molecule has 1 aliphatic heterocycles. The lowest BCUT2D eigenvalue weighted by Crippen LogP contribution is -2.39. The van der Waals surface area contributed by atoms with E-state index in [0.29, 0.717) is 17.9 Å². The molecule has 4 rings (SSSR count). The molecule has 0 bridgehead atoms. The van der Waals surface area contributed by atoms with Gasteiger partial charge in [0.2, 0.25) is 5.91 Å². The van der Waals surface area contributed by atoms with Crippen LogP contribution in [-0.2, 0) is 11.5 Å². The van der Waals surface area contributed by atoms with Crippen molar-refractivity contribution in [2.45, 2.75) is 26.4 Å². The molecule has 3 heterocycles. The average molecular weight is 455 g/mol. The number of anilines is 1. The maximum Gasteiger partial charge on any atom is 0.228 e. The molecular weight excluding hydrogens is 432 g/mol. The molecule has 1 aliphatic rings. The molecule has 1 saturated heterocycles. The van der Waals surface area contributed by atoms with Crippen LogP contribution in [0.5, 0.6) is 0 Å². The highest BCUT2D eigenvalue weighted by molar-refractivity contribution is 9.10. The first-order valence-corrected chi connectivity index (χ1v) is 10.5. The van der Waals surface area contributed by atoms with E-state index in [1.807, 2.05) is 43.5 Å². The molecule has 0 aliphatic carbocycles. The van der Waals surface area contributed by atoms with Crippen molar-refractivity contribution in [3.63, 3.8) is 0 Å². The Morgan fingerprint density at radius 3 is 2.72 bits per heavy atom. The SMILES string of the molecule is Cc1ccc(NC(=O)C2CCN(Cn3ccc(=O)c4cccc(Br)c43)CC2)nc1. The van der Waals surface area contributed by atoms with Crippen molar-refractivity contribution in [3.05, 3.63) is 69.1 Å². The molecular formula is C22H23BrN4O2. The van der Waals surface area contributed by atoms with E-state index in [0.717, 1.165) is 41.5 Å². The molecule has 0 spiro atoms. The second-order valence-electron chi connectivity index (χ2n) is 7.53. The number of rotatable bonds is 4. The first-order valence-electron chi connectivity index (χ1n) is 9.75. The van der Waals surface area contributed by atoms with Crippen LogP contribution in [0.1, 0.15) is 18.4 Å². The van der Waals surface area contributed by atoms with Gasteiger partial charge in [-0.1, -0.05) is 12.1 Å². The lowest BCUT2D eigenvalue weighted by Gasteiger charge is -2.32. The number of nitrogens with one attached hydrogen (secondary N) is 1. The van der Waals surface area contributed by atoms with Crippen LogP contribution in [0.3, 0.4) is 0 Å². The second kappa shape index (κ2) is 8.47. The van der Waals surface area contributed by atoms with E-state index < -0.39 is 0 Å². The highest BCUT2D eigenvalue weighted by Crippen LogP contribution is 2.24. The molecule has 3 aromatic rings. The minimum Gasteiger partial charge on any atom is -0.333 e. The maximum absolute atomic E-state index is 12.6. The largest absolute Gasteiger partial charge is 0.333 e. The van der Waals surface area contributed by atoms with Gasteiger partial charge < -0.3 is 9.88 Å². The minimum atomic E-state index is -0.00755. The number of hydrogen-bond acceptors (Lipinski definition) is 4. The zero-order valence-corrected chi connectivity index (χ0v) is 17.9. The number of hydrogen-bond donors (Lipinski definition) is 1. The summed E-state index contributed by atoms with van der Waals surface area (Å²) >= 11 is 3.57. The number of para-hydroxylation sites is 1. The summed E-state index contributed by atoms with van der Waals surface area (Å²) in [6.45, 7) is 4.32. The fourth-order valence-electron chi connectivity index (χ4n) is 3.77. The van der Waals surface area contributed by atoms with Crippen molar-refractivity contribution in [1.82, 2.24) is 14.5 Å². The Morgan fingerprint density at radius 2 is 2.00 bits per heavy atom. The third-order valence-electron chi connectivity index (χ3n) is 5.42. The first kappa shape index (κ1) is 19.8. The summed E-state index contributed by atoms with van der Waals surface area (Å²) < 4.78 is 3.00. The number of carbonyl (C=O) groups excluding carboxylic acids is 1. The van der Waals surface area contributed by atoms with Crippen molar-refractivity contribution in [3.8, 4) is 0 Å². The zero-order valence-electron chi connectivity index (χ0n) is 16.3. The molecule has 0 radical (unpaired) electrons. The van der Waals surface area contributed by atoms with Crippen LogP contribution in [0, 0.1) is 12.8 Å². The number of pyridine rings is 2. The van der Waals surface area contributed by atoms with E-state index in [9.17, 15) is 9.59 Å². The number of fused-ring (bicyclic) bond motifs is 1. The number of aromatic nitrogens is 2. The van der Waals surface area contributed by atoms with Crippen LogP contribution in [0.15, 0.2) is 58.1 Å². The number of amides is 1. The van der Waals surface area contributed by atoms with E-state index in [1.54, 1.807) is 12.3 Å². The Kier molecular flexibility index (Phi) is 5.78. The number of piperidine rings is 1. The van der Waals surface area contributed by atoms with Crippen LogP contribution in [0.25, 0.3) is 10.9 Å². The van der Waals surface area contributed by atoms with Gasteiger partial charge in [0.25, 0.3) is 0 Å². The van der Waals surface area contributed by atoms with Crippen molar-refractivity contribution in [1.29, 1.82) is 0 Å². The van der Waals surface area contributed by atoms with Crippen molar-refractivity contribution in [2.75, 3.05) is 18.4 Å². The van der Waals surface area contributed by atoms with Gasteiger partial charge in [0.05, 0.1) is 12.2 Å². The first-order chi connectivity index (χ1) is 14.0. The summed E-state index contributed by atoms with van der Waals surface area (Å²) in [6, 6.07) is 11.1. The summed E-state index contributed by atoms with van der Waals surface area (Å²) in [5, 5.41) is 3.64. The van der Waals surface area contributed by atoms with Gasteiger partial charge in [-0.05, 0) is 59.5 Å². The Hall–Kier alpha value is -2.51. The monoisotopic (exact) mass is 454 g/mol. The minimum absolute atomic E-state index is 0.00755. The average Bonchev–Trinajstić information content (AvgIpc) is 2.72. The fourth-order valence-corrected chi connectivity index (χ4v) is 4.36. The van der Waals surface area contributed by atoms with Crippen molar-refractivity contribution >= 4 is 38.6 Å². The van der Waals surface area contributed by atoms with Crippen LogP contribution in [0.2, 0.25) is 0 Å². The Morgan fingerprint density at radius 1 is 1.21 bits per heavy atom. The molecule has 0 saturated carbocycles. The van der Waals surface area contributed by atoms with Crippen LogP contribution in [-0.4, -0.2) is 33.4 Å². The highest BCUT2D eigenvalue weighted by Gasteiger charge is 2.25. The lowest BCUT2D eigenvalue weighted by atomic mass is 9.96. The lowest BCUT2D eigenvalue weighted by molar-refractivity contribution is -0.121. The van der Waals surface area contributed by atoms with Gasteiger partial charge in [-0.3, -0.25) is 14.5 Å². The zero-order chi connectivity index (χ0) is 20.4. The van der Waals surface area contributed by atoms with Gasteiger partial charge >= 0.3 is 0 Å². The third kappa shape index (κ3) is 4.41. The molecule has 0 atom stereocenters. The molecule has 150 valence electrons. The molecule has 1 aromatic carbocycles. The third-order valence-corrected chi connectivity index (χ3v) is 6.06. The van der Waals surface area contributed by atoms with Crippen molar-refractivity contribution < 1.29 is 4.79 Å². The smallest absolute Gasteiger partial charge is 0.228 e. The second-order valence-corrected chi connectivity index (χ2v) is 8.38. The van der Waals surface area contributed by atoms with Crippen LogP contribution >= 0.6 is 15.9 Å². The summed E-state index contributed by atoms with van der Waals surface area (Å²) in [4.78, 5) is 31.3. The summed E-state index contributed by atoms with van der Waals surface area (Å²) in [7, 11) is 0. The Labute approximate surface area is 177 Å². The van der Waals surface area contributed by atoms with Gasteiger partial charge in [-0.25, -0.2) is 4.98 Å². The fraction of sp³-hybridized carbons (Fsp3) is 0.318.